The van der Waals surface area contributed by atoms with Crippen LogP contribution in [0.5, 0.6) is 5.75 Å². The summed E-state index contributed by atoms with van der Waals surface area (Å²) in [5.74, 6) is -10.4. The van der Waals surface area contributed by atoms with Gasteiger partial charge in [0, 0.05) is 61.3 Å². The summed E-state index contributed by atoms with van der Waals surface area (Å²) in [6.07, 6.45) is 8.94. The predicted octanol–water partition coefficient (Wildman–Crippen LogP) is 8.61. The monoisotopic (exact) mass is 787 g/mol. The summed E-state index contributed by atoms with van der Waals surface area (Å²) < 4.78 is 94.6. The van der Waals surface area contributed by atoms with Crippen molar-refractivity contribution in [3.05, 3.63) is 41.9 Å². The number of rotatable bonds is 9. The number of hydrogen-bond donors (Lipinski definition) is 2. The molecule has 9 nitrogen and oxygen atoms in total. The van der Waals surface area contributed by atoms with Crippen molar-refractivity contribution in [3.63, 3.8) is 0 Å². The molecule has 15 heteroatoms. The Morgan fingerprint density at radius 1 is 0.893 bits per heavy atom. The maximum Gasteiger partial charge on any atom is 0.330 e. The fraction of sp³-hybridized carbons (Fsp3) is 0.659. The zero-order valence-corrected chi connectivity index (χ0v) is 31.3. The van der Waals surface area contributed by atoms with Crippen LogP contribution in [0.3, 0.4) is 0 Å². The molecule has 2 N–H and O–H groups in total. The van der Waals surface area contributed by atoms with Crippen LogP contribution in [0.2, 0.25) is 0 Å². The average Bonchev–Trinajstić information content (AvgIpc) is 3.50. The Labute approximate surface area is 320 Å². The van der Waals surface area contributed by atoms with Crippen molar-refractivity contribution in [1.29, 1.82) is 0 Å². The van der Waals surface area contributed by atoms with Crippen LogP contribution in [0.4, 0.5) is 26.3 Å². The van der Waals surface area contributed by atoms with Gasteiger partial charge in [-0.25, -0.2) is 32.3 Å². The Morgan fingerprint density at radius 3 is 2.12 bits per heavy atom. The number of halogens is 6. The fourth-order valence-electron chi connectivity index (χ4n) is 11.4. The highest BCUT2D eigenvalue weighted by molar-refractivity contribution is 6.00. The van der Waals surface area contributed by atoms with Gasteiger partial charge in [0.2, 0.25) is 5.92 Å². The number of nitrogens with zero attached hydrogens (tertiary/aromatic N) is 4. The minimum absolute atomic E-state index is 0.0888. The van der Waals surface area contributed by atoms with E-state index in [9.17, 15) is 32.3 Å². The number of nitrogens with one attached hydrogen (secondary N) is 1. The standard InChI is InChI=1S/C41H47F6N5O4/c1-38(42,43)34-31(36(53)50-41(37(54)55)24-13-22-12-23(15-24)16-25(41)14-22)18-48-35(49-34)32-19-52(27-8-10-39(44,45)11-9-27)33-17-29(6-7-30(32)33)56-28-4-2-26(3-5-28)51-20-40(46,47)21-51/h6-7,17-19,22-28H,2-5,8-16,20-21H2,1H3,(H,50,53)(H,54,55)/t22?,23?,24?,25?,26-,28+,41?. The molecule has 1 saturated heterocycles. The zero-order chi connectivity index (χ0) is 39.4. The second-order valence-corrected chi connectivity index (χ2v) is 17.8. The Hall–Kier alpha value is -3.88. The lowest BCUT2D eigenvalue weighted by Crippen LogP contribution is -2.70. The number of hydrogen-bond acceptors (Lipinski definition) is 6. The zero-order valence-electron chi connectivity index (χ0n) is 31.3. The number of ether oxygens (including phenoxy) is 1. The molecule has 1 aromatic carbocycles. The van der Waals surface area contributed by atoms with Gasteiger partial charge in [-0.1, -0.05) is 0 Å². The number of fused-ring (bicyclic) bond motifs is 1. The summed E-state index contributed by atoms with van der Waals surface area (Å²) in [5.41, 5.74) is -1.89. The van der Waals surface area contributed by atoms with Crippen LogP contribution in [0.1, 0.15) is 112 Å². The molecule has 7 aliphatic rings. The molecule has 7 fully saturated rings. The normalized spacial score (nSPS) is 32.6. The van der Waals surface area contributed by atoms with Crippen LogP contribution in [0.25, 0.3) is 22.3 Å². The first-order valence-corrected chi connectivity index (χ1v) is 20.1. The second kappa shape index (κ2) is 13.3. The highest BCUT2D eigenvalue weighted by atomic mass is 19.3. The third kappa shape index (κ3) is 6.62. The number of aromatic nitrogens is 3. The maximum absolute atomic E-state index is 15.5. The minimum atomic E-state index is -3.60. The molecule has 10 rings (SSSR count). The minimum Gasteiger partial charge on any atom is -0.490 e. The molecule has 0 unspecified atom stereocenters. The number of amides is 1. The van der Waals surface area contributed by atoms with E-state index in [1.165, 1.54) is 0 Å². The number of carbonyl (C=O) groups excluding carboxylic acids is 1. The molecule has 1 aliphatic heterocycles. The molecule has 302 valence electrons. The number of carbonyl (C=O) groups is 2. The summed E-state index contributed by atoms with van der Waals surface area (Å²) in [4.78, 5) is 37.4. The first-order chi connectivity index (χ1) is 26.5. The molecule has 1 amide bonds. The van der Waals surface area contributed by atoms with Crippen molar-refractivity contribution in [3.8, 4) is 17.1 Å². The Bertz CT molecular complexity index is 2000. The van der Waals surface area contributed by atoms with Crippen molar-refractivity contribution >= 4 is 22.8 Å². The van der Waals surface area contributed by atoms with Crippen LogP contribution in [0, 0.1) is 23.7 Å². The third-order valence-electron chi connectivity index (χ3n) is 14.0. The van der Waals surface area contributed by atoms with Crippen molar-refractivity contribution in [2.75, 3.05) is 13.1 Å². The van der Waals surface area contributed by atoms with Crippen LogP contribution in [-0.2, 0) is 10.7 Å². The molecular formula is C41H47F6N5O4. The average molecular weight is 788 g/mol. The summed E-state index contributed by atoms with van der Waals surface area (Å²) in [5, 5.41) is 13.9. The van der Waals surface area contributed by atoms with Gasteiger partial charge in [-0.2, -0.15) is 8.78 Å². The van der Waals surface area contributed by atoms with Gasteiger partial charge >= 0.3 is 5.97 Å². The lowest BCUT2D eigenvalue weighted by molar-refractivity contribution is -0.163. The van der Waals surface area contributed by atoms with E-state index in [1.807, 2.05) is 9.47 Å². The highest BCUT2D eigenvalue weighted by Gasteiger charge is 2.62. The van der Waals surface area contributed by atoms with E-state index in [0.29, 0.717) is 79.5 Å². The van der Waals surface area contributed by atoms with Crippen LogP contribution in [0.15, 0.2) is 30.6 Å². The van der Waals surface area contributed by atoms with Crippen molar-refractivity contribution in [1.82, 2.24) is 24.8 Å². The van der Waals surface area contributed by atoms with Crippen LogP contribution >= 0.6 is 0 Å². The Morgan fingerprint density at radius 2 is 1.54 bits per heavy atom. The van der Waals surface area contributed by atoms with Gasteiger partial charge < -0.3 is 19.7 Å². The molecule has 0 radical (unpaired) electrons. The van der Waals surface area contributed by atoms with E-state index in [2.05, 4.69) is 15.3 Å². The Kier molecular flexibility index (Phi) is 8.98. The molecule has 0 atom stereocenters. The summed E-state index contributed by atoms with van der Waals surface area (Å²) in [7, 11) is 0. The van der Waals surface area contributed by atoms with Crippen LogP contribution < -0.4 is 10.1 Å². The number of alkyl halides is 6. The Balaban J connectivity index is 1.02. The predicted molar refractivity (Wildman–Crippen MR) is 193 cm³/mol. The van der Waals surface area contributed by atoms with Crippen molar-refractivity contribution in [2.45, 2.75) is 132 Å². The van der Waals surface area contributed by atoms with E-state index in [0.717, 1.165) is 25.5 Å². The number of aliphatic carboxylic acids is 1. The van der Waals surface area contributed by atoms with Gasteiger partial charge in [0.15, 0.2) is 5.82 Å². The smallest absolute Gasteiger partial charge is 0.330 e. The molecule has 56 heavy (non-hydrogen) atoms. The first-order valence-electron chi connectivity index (χ1n) is 20.1. The summed E-state index contributed by atoms with van der Waals surface area (Å²) >= 11 is 0. The van der Waals surface area contributed by atoms with Gasteiger partial charge in [-0.15, -0.1) is 0 Å². The topological polar surface area (TPSA) is 110 Å². The fourth-order valence-corrected chi connectivity index (χ4v) is 11.4. The summed E-state index contributed by atoms with van der Waals surface area (Å²) in [6.45, 7) is 0.208. The lowest BCUT2D eigenvalue weighted by Gasteiger charge is -2.59. The molecule has 6 aliphatic carbocycles. The van der Waals surface area contributed by atoms with E-state index < -0.39 is 46.4 Å². The second-order valence-electron chi connectivity index (χ2n) is 17.8. The number of likely N-dealkylation sites (tertiary alicyclic amines) is 1. The van der Waals surface area contributed by atoms with E-state index in [-0.39, 0.29) is 74.6 Å². The van der Waals surface area contributed by atoms with Crippen molar-refractivity contribution < 1.29 is 45.8 Å². The molecule has 0 spiro atoms. The number of carboxylic acids is 1. The molecule has 3 aromatic rings. The number of benzene rings is 1. The molecule has 4 bridgehead atoms. The van der Waals surface area contributed by atoms with E-state index in [1.54, 1.807) is 24.4 Å². The van der Waals surface area contributed by atoms with Crippen LogP contribution in [-0.4, -0.2) is 79.0 Å². The molecular weight excluding hydrogens is 740 g/mol. The van der Waals surface area contributed by atoms with Gasteiger partial charge in [-0.3, -0.25) is 9.69 Å². The maximum atomic E-state index is 15.5. The van der Waals surface area contributed by atoms with E-state index >= 15 is 8.78 Å². The van der Waals surface area contributed by atoms with Crippen molar-refractivity contribution in [2.24, 2.45) is 23.7 Å². The lowest BCUT2D eigenvalue weighted by atomic mass is 9.48. The molecule has 6 saturated carbocycles. The van der Waals surface area contributed by atoms with Gasteiger partial charge in [0.05, 0.1) is 30.3 Å². The number of carboxylic acid groups (broad SMARTS) is 1. The first kappa shape index (κ1) is 37.7. The van der Waals surface area contributed by atoms with Gasteiger partial charge in [0.1, 0.15) is 17.0 Å². The van der Waals surface area contributed by atoms with Gasteiger partial charge in [-0.05, 0) is 106 Å². The SMILES string of the molecule is CC(F)(F)c1nc(-c2cn(C3CCC(F)(F)CC3)c3cc(O[C@H]4CC[C@@H](N5CC(F)(F)C5)CC4)ccc23)ncc1C(=O)NC1(C(=O)O)C2CC3CC(C2)CC1C3. The van der Waals surface area contributed by atoms with E-state index in [4.69, 9.17) is 4.74 Å². The molecule has 3 heterocycles. The highest BCUT2D eigenvalue weighted by Crippen LogP contribution is 2.58. The largest absolute Gasteiger partial charge is 0.490 e. The summed E-state index contributed by atoms with van der Waals surface area (Å²) in [6, 6.07) is 5.09. The van der Waals surface area contributed by atoms with Gasteiger partial charge in [0.25, 0.3) is 17.8 Å². The molecule has 2 aromatic heterocycles. The quantitative estimate of drug-likeness (QED) is 0.209. The third-order valence-corrected chi connectivity index (χ3v) is 14.0.